The second-order valence-electron chi connectivity index (χ2n) is 5.95. The van der Waals surface area contributed by atoms with Crippen LogP contribution in [-0.4, -0.2) is 26.9 Å². The number of hydrogen-bond donors (Lipinski definition) is 0. The van der Waals surface area contributed by atoms with E-state index < -0.39 is 10.0 Å². The highest BCUT2D eigenvalue weighted by atomic mass is 35.5. The highest BCUT2D eigenvalue weighted by molar-refractivity contribution is 7.89. The van der Waals surface area contributed by atoms with Gasteiger partial charge in [-0.1, -0.05) is 49.7 Å². The van der Waals surface area contributed by atoms with Crippen LogP contribution in [0.3, 0.4) is 0 Å². The van der Waals surface area contributed by atoms with E-state index in [1.807, 2.05) is 24.3 Å². The number of halogens is 1. The van der Waals surface area contributed by atoms with Crippen molar-refractivity contribution in [1.29, 1.82) is 0 Å². The molecule has 24 heavy (non-hydrogen) atoms. The summed E-state index contributed by atoms with van der Waals surface area (Å²) in [5.74, 6) is 0.893. The van der Waals surface area contributed by atoms with Crippen LogP contribution in [0, 0.1) is 0 Å². The zero-order valence-electron chi connectivity index (χ0n) is 14.3. The lowest BCUT2D eigenvalue weighted by atomic mass is 10.0. The molecule has 0 aromatic heterocycles. The van der Waals surface area contributed by atoms with Gasteiger partial charge in [0.25, 0.3) is 0 Å². The highest BCUT2D eigenvalue weighted by Gasteiger charge is 2.22. The first kappa shape index (κ1) is 18.8. The Bertz CT molecular complexity index is 802. The van der Waals surface area contributed by atoms with E-state index in [0.717, 1.165) is 5.56 Å². The summed E-state index contributed by atoms with van der Waals surface area (Å²) in [4.78, 5) is 0.148. The van der Waals surface area contributed by atoms with E-state index in [1.54, 1.807) is 13.1 Å². The van der Waals surface area contributed by atoms with Gasteiger partial charge in [0.2, 0.25) is 10.0 Å². The predicted molar refractivity (Wildman–Crippen MR) is 97.2 cm³/mol. The van der Waals surface area contributed by atoms with Crippen molar-refractivity contribution in [3.05, 3.63) is 58.6 Å². The molecule has 4 nitrogen and oxygen atoms in total. The number of rotatable bonds is 6. The van der Waals surface area contributed by atoms with Crippen LogP contribution in [0.1, 0.15) is 30.9 Å². The predicted octanol–water partition coefficient (Wildman–Crippen LogP) is 4.29. The molecule has 0 bridgehead atoms. The molecular formula is C18H22ClNO3S. The number of nitrogens with zero attached hydrogens (tertiary/aromatic N) is 1. The van der Waals surface area contributed by atoms with Crippen molar-refractivity contribution in [2.24, 2.45) is 0 Å². The van der Waals surface area contributed by atoms with E-state index in [2.05, 4.69) is 13.8 Å². The Balaban J connectivity index is 2.21. The van der Waals surface area contributed by atoms with Gasteiger partial charge in [-0.2, -0.15) is 4.31 Å². The lowest BCUT2D eigenvalue weighted by Gasteiger charge is -2.18. The SMILES string of the molecule is COc1ccc(S(=O)(=O)N(C)Cc2ccc(C(C)C)cc2)cc1Cl. The Morgan fingerprint density at radius 2 is 1.75 bits per heavy atom. The van der Waals surface area contributed by atoms with Gasteiger partial charge < -0.3 is 4.74 Å². The third kappa shape index (κ3) is 4.09. The minimum absolute atomic E-state index is 0.148. The van der Waals surface area contributed by atoms with Crippen molar-refractivity contribution in [2.75, 3.05) is 14.2 Å². The topological polar surface area (TPSA) is 46.6 Å². The average Bonchev–Trinajstić information content (AvgIpc) is 2.55. The molecule has 0 amide bonds. The highest BCUT2D eigenvalue weighted by Crippen LogP contribution is 2.28. The summed E-state index contributed by atoms with van der Waals surface area (Å²) >= 11 is 6.04. The van der Waals surface area contributed by atoms with Gasteiger partial charge in [-0.3, -0.25) is 0 Å². The molecule has 2 aromatic rings. The summed E-state index contributed by atoms with van der Waals surface area (Å²) in [6, 6.07) is 12.5. The number of benzene rings is 2. The molecular weight excluding hydrogens is 346 g/mol. The summed E-state index contributed by atoms with van der Waals surface area (Å²) in [5.41, 5.74) is 2.16. The molecule has 0 radical (unpaired) electrons. The van der Waals surface area contributed by atoms with Crippen LogP contribution in [0.4, 0.5) is 0 Å². The maximum Gasteiger partial charge on any atom is 0.243 e. The van der Waals surface area contributed by atoms with E-state index in [4.69, 9.17) is 16.3 Å². The van der Waals surface area contributed by atoms with Gasteiger partial charge in [0.1, 0.15) is 5.75 Å². The second kappa shape index (κ2) is 7.55. The van der Waals surface area contributed by atoms with Crippen molar-refractivity contribution in [1.82, 2.24) is 4.31 Å². The molecule has 0 aliphatic carbocycles. The van der Waals surface area contributed by atoms with Gasteiger partial charge in [-0.15, -0.1) is 0 Å². The summed E-state index contributed by atoms with van der Waals surface area (Å²) in [5, 5.41) is 0.272. The average molecular weight is 368 g/mol. The van der Waals surface area contributed by atoms with Crippen LogP contribution < -0.4 is 4.74 Å². The van der Waals surface area contributed by atoms with Crippen LogP contribution in [0.5, 0.6) is 5.75 Å². The van der Waals surface area contributed by atoms with Gasteiger partial charge in [0.05, 0.1) is 17.0 Å². The standard InChI is InChI=1S/C18H22ClNO3S/c1-13(2)15-7-5-14(6-8-15)12-20(3)24(21,22)16-9-10-18(23-4)17(19)11-16/h5-11,13H,12H2,1-4H3. The fourth-order valence-electron chi connectivity index (χ4n) is 2.34. The third-order valence-corrected chi connectivity index (χ3v) is 5.98. The molecule has 0 atom stereocenters. The molecule has 0 aliphatic heterocycles. The minimum atomic E-state index is -3.62. The first-order chi connectivity index (χ1) is 11.3. The fourth-order valence-corrected chi connectivity index (χ4v) is 3.85. The smallest absolute Gasteiger partial charge is 0.243 e. The Labute approximate surface area is 149 Å². The van der Waals surface area contributed by atoms with E-state index in [0.29, 0.717) is 18.2 Å². The summed E-state index contributed by atoms with van der Waals surface area (Å²) in [7, 11) is -0.570. The zero-order valence-corrected chi connectivity index (χ0v) is 15.9. The Morgan fingerprint density at radius 1 is 1.12 bits per heavy atom. The molecule has 0 fully saturated rings. The van der Waals surface area contributed by atoms with E-state index in [1.165, 1.54) is 29.1 Å². The maximum atomic E-state index is 12.7. The Hall–Kier alpha value is -1.56. The van der Waals surface area contributed by atoms with Crippen molar-refractivity contribution < 1.29 is 13.2 Å². The normalized spacial score (nSPS) is 12.0. The molecule has 2 rings (SSSR count). The molecule has 0 heterocycles. The van der Waals surface area contributed by atoms with Crippen molar-refractivity contribution in [3.63, 3.8) is 0 Å². The van der Waals surface area contributed by atoms with Gasteiger partial charge in [-0.05, 0) is 35.2 Å². The van der Waals surface area contributed by atoms with Gasteiger partial charge in [0.15, 0.2) is 0 Å². The fraction of sp³-hybridized carbons (Fsp3) is 0.333. The van der Waals surface area contributed by atoms with Crippen LogP contribution >= 0.6 is 11.6 Å². The Morgan fingerprint density at radius 3 is 2.25 bits per heavy atom. The molecule has 0 N–H and O–H groups in total. The lowest BCUT2D eigenvalue weighted by molar-refractivity contribution is 0.414. The number of hydrogen-bond acceptors (Lipinski definition) is 3. The van der Waals surface area contributed by atoms with E-state index in [9.17, 15) is 8.42 Å². The first-order valence-electron chi connectivity index (χ1n) is 7.64. The van der Waals surface area contributed by atoms with Crippen molar-refractivity contribution >= 4 is 21.6 Å². The maximum absolute atomic E-state index is 12.7. The minimum Gasteiger partial charge on any atom is -0.495 e. The number of ether oxygens (including phenoxy) is 1. The zero-order chi connectivity index (χ0) is 17.9. The van der Waals surface area contributed by atoms with Crippen LogP contribution in [0.2, 0.25) is 5.02 Å². The molecule has 0 saturated carbocycles. The van der Waals surface area contributed by atoms with Crippen LogP contribution in [-0.2, 0) is 16.6 Å². The van der Waals surface area contributed by atoms with Crippen LogP contribution in [0.25, 0.3) is 0 Å². The molecule has 0 saturated heterocycles. The molecule has 2 aromatic carbocycles. The monoisotopic (exact) mass is 367 g/mol. The molecule has 6 heteroatoms. The number of methoxy groups -OCH3 is 1. The first-order valence-corrected chi connectivity index (χ1v) is 9.46. The van der Waals surface area contributed by atoms with Gasteiger partial charge >= 0.3 is 0 Å². The molecule has 130 valence electrons. The second-order valence-corrected chi connectivity index (χ2v) is 8.41. The summed E-state index contributed by atoms with van der Waals surface area (Å²) < 4.78 is 31.8. The molecule has 0 spiro atoms. The largest absolute Gasteiger partial charge is 0.495 e. The summed E-state index contributed by atoms with van der Waals surface area (Å²) in [6.45, 7) is 4.54. The molecule has 0 unspecified atom stereocenters. The third-order valence-electron chi connectivity index (χ3n) is 3.88. The van der Waals surface area contributed by atoms with Crippen LogP contribution in [0.15, 0.2) is 47.4 Å². The van der Waals surface area contributed by atoms with Crippen molar-refractivity contribution in [3.8, 4) is 5.75 Å². The van der Waals surface area contributed by atoms with E-state index in [-0.39, 0.29) is 9.92 Å². The lowest BCUT2D eigenvalue weighted by Crippen LogP contribution is -2.26. The van der Waals surface area contributed by atoms with E-state index >= 15 is 0 Å². The van der Waals surface area contributed by atoms with Gasteiger partial charge in [-0.25, -0.2) is 8.42 Å². The van der Waals surface area contributed by atoms with Gasteiger partial charge in [0, 0.05) is 13.6 Å². The quantitative estimate of drug-likeness (QED) is 0.765. The number of sulfonamides is 1. The Kier molecular flexibility index (Phi) is 5.91. The molecule has 0 aliphatic rings. The van der Waals surface area contributed by atoms with Crippen molar-refractivity contribution in [2.45, 2.75) is 31.2 Å². The summed E-state index contributed by atoms with van der Waals surface area (Å²) in [6.07, 6.45) is 0.